The number of hydrogen-bond acceptors (Lipinski definition) is 3. The van der Waals surface area contributed by atoms with Crippen LogP contribution in [-0.2, 0) is 11.2 Å². The maximum atomic E-state index is 13.1. The molecule has 0 bridgehead atoms. The molecule has 0 aliphatic carbocycles. The maximum Gasteiger partial charge on any atom is 0.231 e. The predicted molar refractivity (Wildman–Crippen MR) is 101 cm³/mol. The van der Waals surface area contributed by atoms with Crippen molar-refractivity contribution in [3.63, 3.8) is 0 Å². The number of likely N-dealkylation sites (tertiary alicyclic amines) is 1. The van der Waals surface area contributed by atoms with E-state index in [-0.39, 0.29) is 11.9 Å². The van der Waals surface area contributed by atoms with E-state index in [0.717, 1.165) is 42.9 Å². The minimum absolute atomic E-state index is 0.158. The van der Waals surface area contributed by atoms with Gasteiger partial charge in [0, 0.05) is 11.7 Å². The third-order valence-electron chi connectivity index (χ3n) is 4.87. The molecule has 1 saturated heterocycles. The quantitative estimate of drug-likeness (QED) is 0.838. The fourth-order valence-electron chi connectivity index (χ4n) is 3.40. The van der Waals surface area contributed by atoms with Gasteiger partial charge in [-0.15, -0.1) is 0 Å². The Labute approximate surface area is 150 Å². The summed E-state index contributed by atoms with van der Waals surface area (Å²) in [6.45, 7) is 2.06. The second-order valence-corrected chi connectivity index (χ2v) is 6.66. The van der Waals surface area contributed by atoms with Gasteiger partial charge in [0.15, 0.2) is 0 Å². The number of hydrogen-bond donors (Lipinski definition) is 0. The monoisotopic (exact) mass is 338 g/mol. The second kappa shape index (κ2) is 8.17. The molecule has 0 atom stereocenters. The Morgan fingerprint density at radius 2 is 1.72 bits per heavy atom. The van der Waals surface area contributed by atoms with Gasteiger partial charge in [-0.2, -0.15) is 0 Å². The van der Waals surface area contributed by atoms with Crippen LogP contribution in [-0.4, -0.2) is 44.1 Å². The molecule has 1 fully saturated rings. The minimum atomic E-state index is 0.158. The van der Waals surface area contributed by atoms with E-state index in [1.807, 2.05) is 59.5 Å². The molecule has 132 valence electrons. The lowest BCUT2D eigenvalue weighted by molar-refractivity contribution is -0.118. The van der Waals surface area contributed by atoms with Crippen LogP contribution in [0.5, 0.6) is 5.75 Å². The average Bonchev–Trinajstić information content (AvgIpc) is 2.65. The number of anilines is 1. The van der Waals surface area contributed by atoms with Crippen LogP contribution in [0.2, 0.25) is 0 Å². The average molecular weight is 338 g/mol. The maximum absolute atomic E-state index is 13.1. The minimum Gasteiger partial charge on any atom is -0.497 e. The molecule has 0 radical (unpaired) electrons. The first-order chi connectivity index (χ1) is 12.2. The van der Waals surface area contributed by atoms with E-state index in [1.165, 1.54) is 0 Å². The SMILES string of the molecule is COc1ccc(CC(=O)N(c2ccccc2)C2CCN(C)CC2)cc1. The first-order valence-corrected chi connectivity index (χ1v) is 8.86. The summed E-state index contributed by atoms with van der Waals surface area (Å²) < 4.78 is 5.20. The zero-order valence-electron chi connectivity index (χ0n) is 15.0. The number of carbonyl (C=O) groups excluding carboxylic acids is 1. The summed E-state index contributed by atoms with van der Waals surface area (Å²) in [7, 11) is 3.79. The standard InChI is InChI=1S/C21H26N2O2/c1-22-14-12-19(13-15-22)23(18-6-4-3-5-7-18)21(24)16-17-8-10-20(25-2)11-9-17/h3-11,19H,12-16H2,1-2H3. The zero-order chi connectivity index (χ0) is 17.6. The van der Waals surface area contributed by atoms with E-state index >= 15 is 0 Å². The molecule has 4 nitrogen and oxygen atoms in total. The zero-order valence-corrected chi connectivity index (χ0v) is 15.0. The molecular formula is C21H26N2O2. The van der Waals surface area contributed by atoms with Crippen molar-refractivity contribution < 1.29 is 9.53 Å². The highest BCUT2D eigenvalue weighted by Crippen LogP contribution is 2.24. The van der Waals surface area contributed by atoms with Crippen molar-refractivity contribution in [2.45, 2.75) is 25.3 Å². The Kier molecular flexibility index (Phi) is 5.71. The van der Waals surface area contributed by atoms with Crippen LogP contribution >= 0.6 is 0 Å². The molecular weight excluding hydrogens is 312 g/mol. The van der Waals surface area contributed by atoms with Gasteiger partial charge in [-0.05, 0) is 62.8 Å². The molecule has 0 saturated carbocycles. The Hall–Kier alpha value is -2.33. The van der Waals surface area contributed by atoms with Gasteiger partial charge in [0.2, 0.25) is 5.91 Å². The lowest BCUT2D eigenvalue weighted by Gasteiger charge is -2.37. The largest absolute Gasteiger partial charge is 0.497 e. The van der Waals surface area contributed by atoms with Gasteiger partial charge in [0.25, 0.3) is 0 Å². The van der Waals surface area contributed by atoms with Crippen LogP contribution < -0.4 is 9.64 Å². The molecule has 0 spiro atoms. The lowest BCUT2D eigenvalue weighted by atomic mass is 10.0. The number of para-hydroxylation sites is 1. The highest BCUT2D eigenvalue weighted by molar-refractivity contribution is 5.95. The number of rotatable bonds is 5. The summed E-state index contributed by atoms with van der Waals surface area (Å²) in [6, 6.07) is 18.1. The number of amides is 1. The van der Waals surface area contributed by atoms with Gasteiger partial charge in [-0.25, -0.2) is 0 Å². The summed E-state index contributed by atoms with van der Waals surface area (Å²) in [5.74, 6) is 0.970. The molecule has 2 aromatic carbocycles. The van der Waals surface area contributed by atoms with Crippen LogP contribution in [0.15, 0.2) is 54.6 Å². The highest BCUT2D eigenvalue weighted by Gasteiger charge is 2.28. The smallest absolute Gasteiger partial charge is 0.231 e. The van der Waals surface area contributed by atoms with Crippen LogP contribution in [0.25, 0.3) is 0 Å². The summed E-state index contributed by atoms with van der Waals surface area (Å²) >= 11 is 0. The number of carbonyl (C=O) groups is 1. The number of methoxy groups -OCH3 is 1. The summed E-state index contributed by atoms with van der Waals surface area (Å²) in [5.41, 5.74) is 2.01. The van der Waals surface area contributed by atoms with Crippen LogP contribution in [0.4, 0.5) is 5.69 Å². The molecule has 2 aromatic rings. The Morgan fingerprint density at radius 3 is 2.32 bits per heavy atom. The molecule has 3 rings (SSSR count). The van der Waals surface area contributed by atoms with Crippen molar-refractivity contribution in [1.82, 2.24) is 4.90 Å². The first-order valence-electron chi connectivity index (χ1n) is 8.86. The van der Waals surface area contributed by atoms with Gasteiger partial charge >= 0.3 is 0 Å². The molecule has 0 unspecified atom stereocenters. The number of benzene rings is 2. The van der Waals surface area contributed by atoms with E-state index in [0.29, 0.717) is 6.42 Å². The van der Waals surface area contributed by atoms with Gasteiger partial charge in [-0.1, -0.05) is 30.3 Å². The summed E-state index contributed by atoms with van der Waals surface area (Å²) in [5, 5.41) is 0. The third-order valence-corrected chi connectivity index (χ3v) is 4.87. The highest BCUT2D eigenvalue weighted by atomic mass is 16.5. The van der Waals surface area contributed by atoms with Crippen molar-refractivity contribution in [3.05, 3.63) is 60.2 Å². The van der Waals surface area contributed by atoms with Gasteiger partial charge < -0.3 is 14.5 Å². The Balaban J connectivity index is 1.79. The molecule has 1 aliphatic heterocycles. The molecule has 1 amide bonds. The molecule has 1 aliphatic rings. The molecule has 0 aromatic heterocycles. The third kappa shape index (κ3) is 4.40. The van der Waals surface area contributed by atoms with Crippen molar-refractivity contribution in [2.24, 2.45) is 0 Å². The van der Waals surface area contributed by atoms with Gasteiger partial charge in [0.1, 0.15) is 5.75 Å². The van der Waals surface area contributed by atoms with Crippen LogP contribution in [0.3, 0.4) is 0 Å². The fraction of sp³-hybridized carbons (Fsp3) is 0.381. The fourth-order valence-corrected chi connectivity index (χ4v) is 3.40. The normalized spacial score (nSPS) is 15.8. The van der Waals surface area contributed by atoms with Gasteiger partial charge in [0.05, 0.1) is 13.5 Å². The second-order valence-electron chi connectivity index (χ2n) is 6.66. The van der Waals surface area contributed by atoms with Gasteiger partial charge in [-0.3, -0.25) is 4.79 Å². The summed E-state index contributed by atoms with van der Waals surface area (Å²) in [6.07, 6.45) is 2.44. The van der Waals surface area contributed by atoms with E-state index in [4.69, 9.17) is 4.74 Å². The topological polar surface area (TPSA) is 32.8 Å². The Morgan fingerprint density at radius 1 is 1.08 bits per heavy atom. The molecule has 4 heteroatoms. The van der Waals surface area contributed by atoms with Crippen LogP contribution in [0, 0.1) is 0 Å². The van der Waals surface area contributed by atoms with Crippen LogP contribution in [0.1, 0.15) is 18.4 Å². The first kappa shape index (κ1) is 17.5. The summed E-state index contributed by atoms with van der Waals surface area (Å²) in [4.78, 5) is 17.5. The van der Waals surface area contributed by atoms with E-state index in [9.17, 15) is 4.79 Å². The molecule has 1 heterocycles. The van der Waals surface area contributed by atoms with Crippen molar-refractivity contribution >= 4 is 11.6 Å². The van der Waals surface area contributed by atoms with E-state index in [1.54, 1.807) is 7.11 Å². The Bertz CT molecular complexity index is 677. The number of piperidine rings is 1. The van der Waals surface area contributed by atoms with Crippen molar-refractivity contribution in [1.29, 1.82) is 0 Å². The van der Waals surface area contributed by atoms with Crippen molar-refractivity contribution in [3.8, 4) is 5.75 Å². The predicted octanol–water partition coefficient (Wildman–Crippen LogP) is 3.37. The molecule has 25 heavy (non-hydrogen) atoms. The lowest BCUT2D eigenvalue weighted by Crippen LogP contribution is -2.47. The molecule has 0 N–H and O–H groups in total. The number of ether oxygens (including phenoxy) is 1. The number of nitrogens with zero attached hydrogens (tertiary/aromatic N) is 2. The van der Waals surface area contributed by atoms with Crippen molar-refractivity contribution in [2.75, 3.05) is 32.1 Å². The van der Waals surface area contributed by atoms with E-state index < -0.39 is 0 Å². The van der Waals surface area contributed by atoms with E-state index in [2.05, 4.69) is 11.9 Å².